The van der Waals surface area contributed by atoms with Gasteiger partial charge in [0, 0.05) is 28.5 Å². The highest BCUT2D eigenvalue weighted by Crippen LogP contribution is 2.30. The molecule has 40 heavy (non-hydrogen) atoms. The largest absolute Gasteiger partial charge is 0.358 e. The number of allylic oxidation sites excluding steroid dienone is 2. The summed E-state index contributed by atoms with van der Waals surface area (Å²) < 4.78 is 2.09. The Labute approximate surface area is 236 Å². The predicted octanol–water partition coefficient (Wildman–Crippen LogP) is 6.26. The van der Waals surface area contributed by atoms with E-state index in [1.165, 1.54) is 55.5 Å². The minimum absolute atomic E-state index is 0.770. The van der Waals surface area contributed by atoms with Gasteiger partial charge in [-0.15, -0.1) is 0 Å². The molecule has 1 aromatic carbocycles. The van der Waals surface area contributed by atoms with Gasteiger partial charge in [0.25, 0.3) is 0 Å². The van der Waals surface area contributed by atoms with Gasteiger partial charge in [0.2, 0.25) is 0 Å². The second kappa shape index (κ2) is 10.5. The molecule has 0 atom stereocenters. The van der Waals surface area contributed by atoms with Gasteiger partial charge in [0.05, 0.1) is 28.5 Å². The Morgan fingerprint density at radius 3 is 2.17 bits per heavy atom. The molecule has 3 aromatic heterocycles. The molecule has 204 valence electrons. The fourth-order valence-electron chi connectivity index (χ4n) is 6.51. The molecule has 0 saturated heterocycles. The number of aliphatic imine (C=N–C) groups is 1. The summed E-state index contributed by atoms with van der Waals surface area (Å²) >= 11 is 0. The number of aromatic nitrogens is 4. The zero-order chi connectivity index (χ0) is 28.0. The van der Waals surface area contributed by atoms with Crippen molar-refractivity contribution >= 4 is 23.9 Å². The lowest BCUT2D eigenvalue weighted by Gasteiger charge is -2.07. The van der Waals surface area contributed by atoms with Crippen molar-refractivity contribution in [2.45, 2.75) is 73.6 Å². The van der Waals surface area contributed by atoms with Crippen molar-refractivity contribution in [3.63, 3.8) is 0 Å². The number of hydrogen-bond donors (Lipinski definition) is 2. The van der Waals surface area contributed by atoms with Gasteiger partial charge in [0.15, 0.2) is 0 Å². The molecule has 0 unspecified atom stereocenters. The normalized spacial score (nSPS) is 17.6. The molecular formula is C35H39N5. The summed E-state index contributed by atoms with van der Waals surface area (Å²) in [6.07, 6.45) is 11.4. The standard InChI is InChI=1S/C35H39N5/c1-7-26-21(5)30-17-23-16-25(40(39-23)24-14-12-11-13-15-24)18-31-22(6)27(8-2)33(37-31)20-35-29(10-4)28(9-3)34(38-35)19-32(26)36-30/h11-17,19-20,37-38H,7-10,18H2,1-6H3/b30-17-,34-19-,35-20-. The smallest absolute Gasteiger partial charge is 0.0879 e. The van der Waals surface area contributed by atoms with Crippen molar-refractivity contribution in [3.05, 3.63) is 109 Å². The van der Waals surface area contributed by atoms with Crippen molar-refractivity contribution in [1.29, 1.82) is 0 Å². The highest BCUT2D eigenvalue weighted by molar-refractivity contribution is 6.23. The van der Waals surface area contributed by atoms with Gasteiger partial charge in [-0.1, -0.05) is 45.9 Å². The number of benzene rings is 1. The van der Waals surface area contributed by atoms with Gasteiger partial charge in [-0.05, 0) is 109 Å². The summed E-state index contributed by atoms with van der Waals surface area (Å²) in [5.41, 5.74) is 15.7. The molecular weight excluding hydrogens is 490 g/mol. The van der Waals surface area contributed by atoms with Crippen LogP contribution in [0.25, 0.3) is 23.9 Å². The summed E-state index contributed by atoms with van der Waals surface area (Å²) in [6.45, 7) is 13.4. The van der Waals surface area contributed by atoms with E-state index in [0.29, 0.717) is 0 Å². The number of rotatable bonds is 5. The van der Waals surface area contributed by atoms with Gasteiger partial charge < -0.3 is 9.97 Å². The first-order valence-electron chi connectivity index (χ1n) is 14.7. The molecule has 5 heteroatoms. The first-order chi connectivity index (χ1) is 19.4. The Morgan fingerprint density at radius 1 is 0.800 bits per heavy atom. The second-order valence-electron chi connectivity index (χ2n) is 10.8. The fraction of sp³-hybridized carbons (Fsp3) is 0.314. The van der Waals surface area contributed by atoms with Crippen LogP contribution >= 0.6 is 0 Å². The van der Waals surface area contributed by atoms with Crippen LogP contribution in [0.4, 0.5) is 0 Å². The first kappa shape index (κ1) is 26.1. The number of aromatic amines is 2. The van der Waals surface area contributed by atoms with Crippen LogP contribution in [-0.4, -0.2) is 25.5 Å². The number of hydrogen-bond acceptors (Lipinski definition) is 2. The van der Waals surface area contributed by atoms with Gasteiger partial charge in [-0.2, -0.15) is 5.10 Å². The van der Waals surface area contributed by atoms with Gasteiger partial charge >= 0.3 is 0 Å². The molecule has 5 nitrogen and oxygen atoms in total. The lowest BCUT2D eigenvalue weighted by molar-refractivity contribution is 0.814. The Kier molecular flexibility index (Phi) is 6.83. The molecule has 0 aliphatic carbocycles. The molecule has 8 bridgehead atoms. The van der Waals surface area contributed by atoms with E-state index in [-0.39, 0.29) is 0 Å². The van der Waals surface area contributed by atoms with E-state index >= 15 is 0 Å². The molecule has 0 amide bonds. The fourth-order valence-corrected chi connectivity index (χ4v) is 6.51. The molecule has 2 aliphatic rings. The predicted molar refractivity (Wildman–Crippen MR) is 167 cm³/mol. The average molecular weight is 530 g/mol. The number of para-hydroxylation sites is 1. The van der Waals surface area contributed by atoms with E-state index in [1.807, 2.05) is 6.07 Å². The molecule has 5 heterocycles. The lowest BCUT2D eigenvalue weighted by Crippen LogP contribution is -2.15. The van der Waals surface area contributed by atoms with Crippen LogP contribution in [0.2, 0.25) is 0 Å². The number of fused-ring (bicyclic) bond motifs is 7. The third-order valence-corrected chi connectivity index (χ3v) is 8.62. The van der Waals surface area contributed by atoms with E-state index < -0.39 is 0 Å². The maximum Gasteiger partial charge on any atom is 0.0879 e. The van der Waals surface area contributed by atoms with Crippen LogP contribution in [-0.2, 0) is 25.7 Å². The van der Waals surface area contributed by atoms with Gasteiger partial charge in [0.1, 0.15) is 0 Å². The maximum absolute atomic E-state index is 5.17. The van der Waals surface area contributed by atoms with Crippen LogP contribution in [0.3, 0.4) is 0 Å². The van der Waals surface area contributed by atoms with E-state index in [4.69, 9.17) is 10.1 Å². The minimum atomic E-state index is 0.770. The van der Waals surface area contributed by atoms with Crippen molar-refractivity contribution in [2.24, 2.45) is 4.99 Å². The van der Waals surface area contributed by atoms with E-state index in [9.17, 15) is 0 Å². The minimum Gasteiger partial charge on any atom is -0.358 e. The number of nitrogens with zero attached hydrogens (tertiary/aromatic N) is 3. The maximum atomic E-state index is 5.17. The third kappa shape index (κ3) is 4.34. The third-order valence-electron chi connectivity index (χ3n) is 8.62. The Balaban J connectivity index is 1.67. The van der Waals surface area contributed by atoms with Crippen LogP contribution in [0.15, 0.2) is 58.2 Å². The second-order valence-corrected chi connectivity index (χ2v) is 10.8. The summed E-state index contributed by atoms with van der Waals surface area (Å²) in [5, 5.41) is 7.45. The van der Waals surface area contributed by atoms with E-state index in [2.05, 4.69) is 105 Å². The number of H-pyrrole nitrogens is 2. The van der Waals surface area contributed by atoms with Crippen LogP contribution in [0, 0.1) is 6.92 Å². The van der Waals surface area contributed by atoms with Crippen LogP contribution in [0.1, 0.15) is 86.1 Å². The zero-order valence-electron chi connectivity index (χ0n) is 24.6. The van der Waals surface area contributed by atoms with Crippen LogP contribution < -0.4 is 10.7 Å². The first-order valence-corrected chi connectivity index (χ1v) is 14.7. The topological polar surface area (TPSA) is 61.8 Å². The van der Waals surface area contributed by atoms with Crippen molar-refractivity contribution in [3.8, 4) is 5.69 Å². The van der Waals surface area contributed by atoms with E-state index in [1.54, 1.807) is 0 Å². The molecule has 2 aliphatic heterocycles. The quantitative estimate of drug-likeness (QED) is 0.315. The Hall–Kier alpha value is -4.12. The Bertz CT molecular complexity index is 1820. The molecule has 4 aromatic rings. The average Bonchev–Trinajstić information content (AvgIpc) is 3.67. The van der Waals surface area contributed by atoms with Gasteiger partial charge in [-0.25, -0.2) is 9.67 Å². The number of nitrogens with one attached hydrogen (secondary N) is 2. The molecule has 0 saturated carbocycles. The van der Waals surface area contributed by atoms with Crippen molar-refractivity contribution in [2.75, 3.05) is 0 Å². The highest BCUT2D eigenvalue weighted by atomic mass is 15.3. The highest BCUT2D eigenvalue weighted by Gasteiger charge is 2.21. The summed E-state index contributed by atoms with van der Waals surface area (Å²) in [4.78, 5) is 12.8. The Morgan fingerprint density at radius 2 is 1.50 bits per heavy atom. The lowest BCUT2D eigenvalue weighted by atomic mass is 10.0. The van der Waals surface area contributed by atoms with Crippen LogP contribution in [0.5, 0.6) is 0 Å². The van der Waals surface area contributed by atoms with Crippen molar-refractivity contribution in [1.82, 2.24) is 19.7 Å². The molecule has 0 fully saturated rings. The SMILES string of the molecule is CCC1=C(C)/C2=C/c3cc(n(-c4ccccc4)n3)Cc3[nH]c(c(CC)c3C)/C=c3\[nH]/c(c(CC)c3CC)=C\C1=N2. The molecule has 2 N–H and O–H groups in total. The molecule has 6 rings (SSSR count). The van der Waals surface area contributed by atoms with Gasteiger partial charge in [-0.3, -0.25) is 0 Å². The molecule has 0 spiro atoms. The summed E-state index contributed by atoms with van der Waals surface area (Å²) in [6, 6.07) is 12.7. The summed E-state index contributed by atoms with van der Waals surface area (Å²) in [7, 11) is 0. The summed E-state index contributed by atoms with van der Waals surface area (Å²) in [5.74, 6) is 0. The monoisotopic (exact) mass is 529 g/mol. The molecule has 0 radical (unpaired) electrons. The van der Waals surface area contributed by atoms with Crippen molar-refractivity contribution < 1.29 is 0 Å². The van der Waals surface area contributed by atoms with E-state index in [0.717, 1.165) is 60.6 Å². The zero-order valence-corrected chi connectivity index (χ0v) is 24.6.